The third-order valence-electron chi connectivity index (χ3n) is 2.60. The van der Waals surface area contributed by atoms with Crippen molar-refractivity contribution in [2.24, 2.45) is 0 Å². The first kappa shape index (κ1) is 13.3. The van der Waals surface area contributed by atoms with Gasteiger partial charge in [-0.15, -0.1) is 0 Å². The Bertz CT molecular complexity index is 628. The van der Waals surface area contributed by atoms with Crippen LogP contribution in [0.4, 0.5) is 0 Å². The maximum Gasteiger partial charge on any atom is 0.296 e. The van der Waals surface area contributed by atoms with Gasteiger partial charge in [-0.1, -0.05) is 6.07 Å². The Morgan fingerprint density at radius 2 is 2.06 bits per heavy atom. The first-order valence-electron chi connectivity index (χ1n) is 5.57. The molecule has 0 radical (unpaired) electrons. The molecule has 0 saturated heterocycles. The molecule has 0 aliphatic rings. The van der Waals surface area contributed by atoms with E-state index in [-0.39, 0.29) is 11.5 Å². The number of hydrogen-bond donors (Lipinski definition) is 0. The lowest BCUT2D eigenvalue weighted by Crippen LogP contribution is -2.06. The van der Waals surface area contributed by atoms with Crippen LogP contribution in [0.3, 0.4) is 0 Å². The monoisotopic (exact) mass is 282 g/mol. The molecule has 1 heterocycles. The fraction of sp³-hybridized carbons (Fsp3) is 0.231. The van der Waals surface area contributed by atoms with Crippen LogP contribution in [0.15, 0.2) is 39.9 Å². The van der Waals surface area contributed by atoms with Gasteiger partial charge in [0.2, 0.25) is 0 Å². The highest BCUT2D eigenvalue weighted by Gasteiger charge is 2.16. The molecular weight excluding hydrogens is 268 g/mol. The van der Waals surface area contributed by atoms with Crippen LogP contribution in [-0.4, -0.2) is 15.0 Å². The highest BCUT2D eigenvalue weighted by atomic mass is 32.2. The Balaban J connectivity index is 2.51. The fourth-order valence-electron chi connectivity index (χ4n) is 1.71. The zero-order valence-corrected chi connectivity index (χ0v) is 11.8. The molecule has 0 unspecified atom stereocenters. The van der Waals surface area contributed by atoms with E-state index in [1.807, 2.05) is 23.8 Å². The van der Waals surface area contributed by atoms with Crippen molar-refractivity contribution in [1.82, 2.24) is 0 Å². The lowest BCUT2D eigenvalue weighted by Gasteiger charge is -2.08. The lowest BCUT2D eigenvalue weighted by atomic mass is 10.0. The van der Waals surface area contributed by atoms with Crippen LogP contribution in [0, 0.1) is 6.92 Å². The van der Waals surface area contributed by atoms with E-state index < -0.39 is 10.1 Å². The second-order valence-corrected chi connectivity index (χ2v) is 6.24. The maximum absolute atomic E-state index is 11.8. The SMILES string of the molecule is CCOS(=O)(=O)c1ccc(C)c(-c2ccsc2)c1. The van der Waals surface area contributed by atoms with Gasteiger partial charge in [-0.2, -0.15) is 19.8 Å². The minimum Gasteiger partial charge on any atom is -0.267 e. The molecule has 96 valence electrons. The van der Waals surface area contributed by atoms with Crippen LogP contribution in [0.1, 0.15) is 12.5 Å². The zero-order valence-electron chi connectivity index (χ0n) is 10.2. The van der Waals surface area contributed by atoms with Gasteiger partial charge in [0.25, 0.3) is 10.1 Å². The molecule has 0 saturated carbocycles. The molecule has 0 aliphatic carbocycles. The Kier molecular flexibility index (Phi) is 3.85. The summed E-state index contributed by atoms with van der Waals surface area (Å²) >= 11 is 1.59. The van der Waals surface area contributed by atoms with Crippen LogP contribution < -0.4 is 0 Å². The lowest BCUT2D eigenvalue weighted by molar-refractivity contribution is 0.338. The fourth-order valence-corrected chi connectivity index (χ4v) is 3.31. The zero-order chi connectivity index (χ0) is 13.2. The van der Waals surface area contributed by atoms with Crippen LogP contribution in [-0.2, 0) is 14.3 Å². The third kappa shape index (κ3) is 2.63. The van der Waals surface area contributed by atoms with Crippen molar-refractivity contribution >= 4 is 21.5 Å². The molecule has 0 fully saturated rings. The molecule has 1 aromatic carbocycles. The van der Waals surface area contributed by atoms with E-state index in [2.05, 4.69) is 0 Å². The first-order chi connectivity index (χ1) is 8.54. The molecule has 5 heteroatoms. The normalized spacial score (nSPS) is 11.7. The summed E-state index contributed by atoms with van der Waals surface area (Å²) in [6, 6.07) is 7.03. The highest BCUT2D eigenvalue weighted by Crippen LogP contribution is 2.28. The van der Waals surface area contributed by atoms with Gasteiger partial charge in [0.15, 0.2) is 0 Å². The van der Waals surface area contributed by atoms with Gasteiger partial charge in [0.1, 0.15) is 0 Å². The second kappa shape index (κ2) is 5.22. The summed E-state index contributed by atoms with van der Waals surface area (Å²) in [7, 11) is -3.64. The van der Waals surface area contributed by atoms with Crippen molar-refractivity contribution < 1.29 is 12.6 Å². The smallest absolute Gasteiger partial charge is 0.267 e. The standard InChI is InChI=1S/C13H14O3S2/c1-3-16-18(14,15)12-5-4-10(2)13(8-12)11-6-7-17-9-11/h4-9H,3H2,1-2H3. The summed E-state index contributed by atoms with van der Waals surface area (Å²) < 4.78 is 28.5. The topological polar surface area (TPSA) is 43.4 Å². The summed E-state index contributed by atoms with van der Waals surface area (Å²) in [5.74, 6) is 0. The summed E-state index contributed by atoms with van der Waals surface area (Å²) in [4.78, 5) is 0.205. The van der Waals surface area contributed by atoms with E-state index in [0.717, 1.165) is 16.7 Å². The van der Waals surface area contributed by atoms with Crippen LogP contribution in [0.2, 0.25) is 0 Å². The molecular formula is C13H14O3S2. The number of benzene rings is 1. The van der Waals surface area contributed by atoms with Gasteiger partial charge in [-0.05, 0) is 59.5 Å². The number of rotatable bonds is 4. The first-order valence-corrected chi connectivity index (χ1v) is 7.92. The van der Waals surface area contributed by atoms with Crippen molar-refractivity contribution in [3.8, 4) is 11.1 Å². The van der Waals surface area contributed by atoms with E-state index in [4.69, 9.17) is 4.18 Å². The maximum atomic E-state index is 11.8. The third-order valence-corrected chi connectivity index (χ3v) is 4.66. The van der Waals surface area contributed by atoms with E-state index in [1.54, 1.807) is 36.5 Å². The number of aryl methyl sites for hydroxylation is 1. The Labute approximate surface area is 111 Å². The van der Waals surface area contributed by atoms with Gasteiger partial charge in [0.05, 0.1) is 11.5 Å². The quantitative estimate of drug-likeness (QED) is 0.807. The molecule has 0 amide bonds. The van der Waals surface area contributed by atoms with Gasteiger partial charge in [-0.3, -0.25) is 4.18 Å². The summed E-state index contributed by atoms with van der Waals surface area (Å²) in [6.07, 6.45) is 0. The second-order valence-electron chi connectivity index (χ2n) is 3.85. The summed E-state index contributed by atoms with van der Waals surface area (Å²) in [5, 5.41) is 3.97. The van der Waals surface area contributed by atoms with Gasteiger partial charge >= 0.3 is 0 Å². The van der Waals surface area contributed by atoms with E-state index in [1.165, 1.54) is 0 Å². The molecule has 3 nitrogen and oxygen atoms in total. The van der Waals surface area contributed by atoms with Gasteiger partial charge in [-0.25, -0.2) is 0 Å². The largest absolute Gasteiger partial charge is 0.296 e. The minimum atomic E-state index is -3.64. The van der Waals surface area contributed by atoms with Crippen molar-refractivity contribution in [3.63, 3.8) is 0 Å². The average molecular weight is 282 g/mol. The van der Waals surface area contributed by atoms with Crippen molar-refractivity contribution in [2.45, 2.75) is 18.7 Å². The predicted molar refractivity (Wildman–Crippen MR) is 73.3 cm³/mol. The number of thiophene rings is 1. The number of hydrogen-bond acceptors (Lipinski definition) is 4. The van der Waals surface area contributed by atoms with Crippen molar-refractivity contribution in [2.75, 3.05) is 6.61 Å². The Hall–Kier alpha value is -1.17. The summed E-state index contributed by atoms with van der Waals surface area (Å²) in [6.45, 7) is 3.76. The predicted octanol–water partition coefficient (Wildman–Crippen LogP) is 3.45. The molecule has 0 aliphatic heterocycles. The molecule has 1 aromatic heterocycles. The Morgan fingerprint density at radius 1 is 1.28 bits per heavy atom. The van der Waals surface area contributed by atoms with Crippen LogP contribution in [0.25, 0.3) is 11.1 Å². The molecule has 18 heavy (non-hydrogen) atoms. The van der Waals surface area contributed by atoms with Crippen molar-refractivity contribution in [3.05, 3.63) is 40.6 Å². The van der Waals surface area contributed by atoms with E-state index in [0.29, 0.717) is 0 Å². The Morgan fingerprint density at radius 3 is 2.67 bits per heavy atom. The molecule has 0 bridgehead atoms. The van der Waals surface area contributed by atoms with Gasteiger partial charge in [0, 0.05) is 0 Å². The van der Waals surface area contributed by atoms with Crippen molar-refractivity contribution in [1.29, 1.82) is 0 Å². The van der Waals surface area contributed by atoms with Gasteiger partial charge < -0.3 is 0 Å². The highest BCUT2D eigenvalue weighted by molar-refractivity contribution is 7.86. The molecule has 0 atom stereocenters. The molecule has 2 rings (SSSR count). The molecule has 0 N–H and O–H groups in total. The summed E-state index contributed by atoms with van der Waals surface area (Å²) in [5.41, 5.74) is 3.01. The van der Waals surface area contributed by atoms with Crippen LogP contribution in [0.5, 0.6) is 0 Å². The van der Waals surface area contributed by atoms with Crippen LogP contribution >= 0.6 is 11.3 Å². The minimum absolute atomic E-state index is 0.143. The molecule has 2 aromatic rings. The molecule has 0 spiro atoms. The van der Waals surface area contributed by atoms with E-state index in [9.17, 15) is 8.42 Å². The average Bonchev–Trinajstić information content (AvgIpc) is 2.82. The van der Waals surface area contributed by atoms with E-state index >= 15 is 0 Å².